The molecule has 0 saturated heterocycles. The number of H-pyrrole nitrogens is 1. The Kier molecular flexibility index (Phi) is 4.52. The first-order valence-electron chi connectivity index (χ1n) is 9.67. The smallest absolute Gasteiger partial charge is 0.131 e. The van der Waals surface area contributed by atoms with Gasteiger partial charge in [0.15, 0.2) is 0 Å². The average molecular weight is 413 g/mol. The van der Waals surface area contributed by atoms with Crippen LogP contribution in [0.1, 0.15) is 29.8 Å². The fourth-order valence-electron chi connectivity index (χ4n) is 3.82. The van der Waals surface area contributed by atoms with Crippen LogP contribution in [-0.4, -0.2) is 25.1 Å². The van der Waals surface area contributed by atoms with Gasteiger partial charge in [0.1, 0.15) is 11.6 Å². The van der Waals surface area contributed by atoms with Crippen LogP contribution in [0.2, 0.25) is 0 Å². The van der Waals surface area contributed by atoms with Crippen LogP contribution in [0.3, 0.4) is 0 Å². The van der Waals surface area contributed by atoms with Crippen molar-refractivity contribution in [2.75, 3.05) is 5.73 Å². The SMILES string of the molecule is Cc1nc(N)c(C(C)c2cccc(-c3cn[nH]c3)c2)c(-c2ccc3ncsc3c2)n1. The number of benzene rings is 2. The number of hydrogen-bond donors (Lipinski definition) is 2. The lowest BCUT2D eigenvalue weighted by molar-refractivity contribution is 0.894. The van der Waals surface area contributed by atoms with E-state index in [0.29, 0.717) is 11.6 Å². The lowest BCUT2D eigenvalue weighted by atomic mass is 9.88. The second-order valence-electron chi connectivity index (χ2n) is 7.29. The van der Waals surface area contributed by atoms with Gasteiger partial charge in [-0.15, -0.1) is 11.3 Å². The maximum atomic E-state index is 6.45. The standard InChI is InChI=1S/C23H20N6S/c1-13(15-4-3-5-16(8-15)18-10-26-27-11-18)21-22(28-14(2)29-23(21)24)17-6-7-19-20(9-17)30-12-25-19/h3-13H,1-2H3,(H,26,27)(H2,24,28,29). The molecule has 0 amide bonds. The fraction of sp³-hybridized carbons (Fsp3) is 0.130. The molecule has 0 aliphatic rings. The van der Waals surface area contributed by atoms with E-state index in [2.05, 4.69) is 63.5 Å². The molecule has 1 unspecified atom stereocenters. The van der Waals surface area contributed by atoms with Crippen LogP contribution in [-0.2, 0) is 0 Å². The Labute approximate surface area is 177 Å². The van der Waals surface area contributed by atoms with E-state index >= 15 is 0 Å². The Hall–Kier alpha value is -3.58. The van der Waals surface area contributed by atoms with Crippen molar-refractivity contribution in [2.24, 2.45) is 0 Å². The normalized spacial score (nSPS) is 12.3. The fourth-order valence-corrected chi connectivity index (χ4v) is 4.53. The predicted molar refractivity (Wildman–Crippen MR) is 121 cm³/mol. The highest BCUT2D eigenvalue weighted by atomic mass is 32.1. The van der Waals surface area contributed by atoms with Crippen LogP contribution in [0.25, 0.3) is 32.6 Å². The van der Waals surface area contributed by atoms with Gasteiger partial charge in [0.25, 0.3) is 0 Å². The number of fused-ring (bicyclic) bond motifs is 1. The van der Waals surface area contributed by atoms with Crippen LogP contribution >= 0.6 is 11.3 Å². The topological polar surface area (TPSA) is 93.4 Å². The summed E-state index contributed by atoms with van der Waals surface area (Å²) in [5.74, 6) is 1.20. The first-order valence-corrected chi connectivity index (χ1v) is 10.5. The van der Waals surface area contributed by atoms with Crippen molar-refractivity contribution < 1.29 is 0 Å². The van der Waals surface area contributed by atoms with E-state index in [1.54, 1.807) is 11.3 Å². The molecule has 0 bridgehead atoms. The van der Waals surface area contributed by atoms with Crippen LogP contribution in [0.5, 0.6) is 0 Å². The molecule has 148 valence electrons. The molecule has 5 aromatic rings. The lowest BCUT2D eigenvalue weighted by Crippen LogP contribution is -2.09. The number of hydrogen-bond acceptors (Lipinski definition) is 6. The molecule has 6 nitrogen and oxygen atoms in total. The van der Waals surface area contributed by atoms with Crippen molar-refractivity contribution in [3.05, 3.63) is 77.3 Å². The number of aromatic nitrogens is 5. The predicted octanol–water partition coefficient (Wildman–Crippen LogP) is 5.19. The van der Waals surface area contributed by atoms with Crippen LogP contribution in [0.15, 0.2) is 60.4 Å². The molecular weight excluding hydrogens is 392 g/mol. The summed E-state index contributed by atoms with van der Waals surface area (Å²) in [7, 11) is 0. The molecule has 7 heteroatoms. The van der Waals surface area contributed by atoms with Crippen molar-refractivity contribution in [3.63, 3.8) is 0 Å². The van der Waals surface area contributed by atoms with Gasteiger partial charge in [-0.05, 0) is 30.2 Å². The lowest BCUT2D eigenvalue weighted by Gasteiger charge is -2.19. The molecular formula is C23H20N6S. The van der Waals surface area contributed by atoms with Crippen LogP contribution < -0.4 is 5.73 Å². The highest BCUT2D eigenvalue weighted by molar-refractivity contribution is 7.16. The summed E-state index contributed by atoms with van der Waals surface area (Å²) in [5.41, 5.74) is 15.4. The number of anilines is 1. The van der Waals surface area contributed by atoms with Crippen molar-refractivity contribution >= 4 is 27.4 Å². The van der Waals surface area contributed by atoms with Gasteiger partial charge in [0, 0.05) is 28.8 Å². The summed E-state index contributed by atoms with van der Waals surface area (Å²) in [5, 5.41) is 6.93. The molecule has 0 spiro atoms. The largest absolute Gasteiger partial charge is 0.383 e. The minimum atomic E-state index is 0.0182. The molecule has 0 fully saturated rings. The molecule has 3 heterocycles. The van der Waals surface area contributed by atoms with E-state index in [1.807, 2.05) is 30.9 Å². The van der Waals surface area contributed by atoms with E-state index < -0.39 is 0 Å². The van der Waals surface area contributed by atoms with Crippen molar-refractivity contribution in [1.29, 1.82) is 0 Å². The maximum absolute atomic E-state index is 6.45. The molecule has 3 N–H and O–H groups in total. The number of nitrogens with one attached hydrogen (secondary N) is 1. The number of nitrogens with two attached hydrogens (primary N) is 1. The van der Waals surface area contributed by atoms with E-state index in [0.717, 1.165) is 43.7 Å². The molecule has 0 aliphatic heterocycles. The third kappa shape index (κ3) is 3.23. The van der Waals surface area contributed by atoms with Gasteiger partial charge in [-0.3, -0.25) is 5.10 Å². The Balaban J connectivity index is 1.64. The second kappa shape index (κ2) is 7.35. The van der Waals surface area contributed by atoms with Gasteiger partial charge in [-0.1, -0.05) is 37.3 Å². The third-order valence-electron chi connectivity index (χ3n) is 5.34. The molecule has 0 aliphatic carbocycles. The molecule has 0 saturated carbocycles. The zero-order valence-corrected chi connectivity index (χ0v) is 17.4. The highest BCUT2D eigenvalue weighted by Crippen LogP contribution is 2.37. The van der Waals surface area contributed by atoms with Gasteiger partial charge in [0.2, 0.25) is 0 Å². The third-order valence-corrected chi connectivity index (χ3v) is 6.13. The van der Waals surface area contributed by atoms with Crippen molar-refractivity contribution in [3.8, 4) is 22.4 Å². The van der Waals surface area contributed by atoms with Crippen molar-refractivity contribution in [2.45, 2.75) is 19.8 Å². The quantitative estimate of drug-likeness (QED) is 0.424. The first kappa shape index (κ1) is 18.4. The second-order valence-corrected chi connectivity index (χ2v) is 8.17. The highest BCUT2D eigenvalue weighted by Gasteiger charge is 2.21. The van der Waals surface area contributed by atoms with E-state index in [-0.39, 0.29) is 5.92 Å². The monoisotopic (exact) mass is 412 g/mol. The Bertz CT molecular complexity index is 1340. The average Bonchev–Trinajstić information content (AvgIpc) is 3.44. The molecule has 0 radical (unpaired) electrons. The Morgan fingerprint density at radius 2 is 1.93 bits per heavy atom. The van der Waals surface area contributed by atoms with E-state index in [9.17, 15) is 0 Å². The van der Waals surface area contributed by atoms with Crippen molar-refractivity contribution in [1.82, 2.24) is 25.1 Å². The first-order chi connectivity index (χ1) is 14.6. The van der Waals surface area contributed by atoms with Crippen LogP contribution in [0, 0.1) is 6.92 Å². The molecule has 1 atom stereocenters. The molecule has 2 aromatic carbocycles. The van der Waals surface area contributed by atoms with Gasteiger partial charge >= 0.3 is 0 Å². The number of aromatic amines is 1. The van der Waals surface area contributed by atoms with E-state index in [1.165, 1.54) is 0 Å². The summed E-state index contributed by atoms with van der Waals surface area (Å²) in [4.78, 5) is 13.6. The van der Waals surface area contributed by atoms with Gasteiger partial charge in [0.05, 0.1) is 27.6 Å². The maximum Gasteiger partial charge on any atom is 0.131 e. The number of aryl methyl sites for hydroxylation is 1. The Morgan fingerprint density at radius 1 is 1.03 bits per heavy atom. The van der Waals surface area contributed by atoms with E-state index in [4.69, 9.17) is 10.7 Å². The number of thiazole rings is 1. The zero-order valence-electron chi connectivity index (χ0n) is 16.6. The van der Waals surface area contributed by atoms with Gasteiger partial charge in [-0.2, -0.15) is 5.10 Å². The number of nitrogens with zero attached hydrogens (tertiary/aromatic N) is 4. The summed E-state index contributed by atoms with van der Waals surface area (Å²) in [6.45, 7) is 4.02. The summed E-state index contributed by atoms with van der Waals surface area (Å²) >= 11 is 1.62. The summed E-state index contributed by atoms with van der Waals surface area (Å²) in [6.07, 6.45) is 3.71. The van der Waals surface area contributed by atoms with Gasteiger partial charge < -0.3 is 5.73 Å². The summed E-state index contributed by atoms with van der Waals surface area (Å²) < 4.78 is 1.13. The molecule has 3 aromatic heterocycles. The molecule has 5 rings (SSSR count). The van der Waals surface area contributed by atoms with Crippen LogP contribution in [0.4, 0.5) is 5.82 Å². The molecule has 30 heavy (non-hydrogen) atoms. The zero-order chi connectivity index (χ0) is 20.7. The van der Waals surface area contributed by atoms with Gasteiger partial charge in [-0.25, -0.2) is 15.0 Å². The minimum absolute atomic E-state index is 0.0182. The summed E-state index contributed by atoms with van der Waals surface area (Å²) in [6, 6.07) is 14.6. The minimum Gasteiger partial charge on any atom is -0.383 e. The number of nitrogen functional groups attached to an aromatic ring is 1. The number of rotatable bonds is 4. The Morgan fingerprint density at radius 3 is 2.77 bits per heavy atom.